The lowest BCUT2D eigenvalue weighted by Crippen LogP contribution is -2.59. The highest BCUT2D eigenvalue weighted by molar-refractivity contribution is 5.34. The summed E-state index contributed by atoms with van der Waals surface area (Å²) >= 11 is 0. The van der Waals surface area contributed by atoms with Crippen molar-refractivity contribution in [1.29, 1.82) is 0 Å². The van der Waals surface area contributed by atoms with Crippen molar-refractivity contribution in [3.05, 3.63) is 18.1 Å². The van der Waals surface area contributed by atoms with Crippen LogP contribution in [0.25, 0.3) is 0 Å². The molecule has 0 saturated carbocycles. The van der Waals surface area contributed by atoms with Crippen LogP contribution < -0.4 is 10.6 Å². The van der Waals surface area contributed by atoms with Crippen LogP contribution in [-0.4, -0.2) is 113 Å². The number of halogens is 3. The zero-order valence-corrected chi connectivity index (χ0v) is 18.5. The topological polar surface area (TPSA) is 106 Å². The Morgan fingerprint density at radius 2 is 1.70 bits per heavy atom. The molecule has 4 N–H and O–H groups in total. The normalized spacial score (nSPS) is 30.9. The van der Waals surface area contributed by atoms with Gasteiger partial charge < -0.3 is 30.5 Å². The van der Waals surface area contributed by atoms with E-state index in [0.29, 0.717) is 12.7 Å². The number of nitrogens with one attached hydrogen (secondary N) is 2. The second-order valence-corrected chi connectivity index (χ2v) is 9.19. The first kappa shape index (κ1) is 24.6. The van der Waals surface area contributed by atoms with Gasteiger partial charge in [0, 0.05) is 39.3 Å². The summed E-state index contributed by atoms with van der Waals surface area (Å²) in [6.07, 6.45) is -3.33. The van der Waals surface area contributed by atoms with Gasteiger partial charge in [-0.2, -0.15) is 13.2 Å². The maximum absolute atomic E-state index is 12.8. The monoisotopic (exact) mass is 474 g/mol. The summed E-state index contributed by atoms with van der Waals surface area (Å²) in [6, 6.07) is -0.795. The predicted octanol–water partition coefficient (Wildman–Crippen LogP) is 0.0137. The number of ether oxygens (including phenoxy) is 1. The molecule has 33 heavy (non-hydrogen) atoms. The molecule has 9 nitrogen and oxygen atoms in total. The molecule has 4 heterocycles. The standard InChI is InChI=1S/C21H33F3N6O3/c22-21(23,24)17-9-26-10-18(28-17)27-15-13-33-16(20(32)19(15)31)12-30-7-5-29(6-8-30)11-14-1-3-25-4-2-14/h9-10,14-16,19-20,25,31-32H,1-8,11-13H2,(H,27,28)/t15-,16+,19+,20-/m0/s1. The quantitative estimate of drug-likeness (QED) is 0.454. The van der Waals surface area contributed by atoms with Crippen LogP contribution in [0.3, 0.4) is 0 Å². The van der Waals surface area contributed by atoms with Gasteiger partial charge in [-0.05, 0) is 31.8 Å². The van der Waals surface area contributed by atoms with E-state index in [4.69, 9.17) is 4.74 Å². The molecule has 0 amide bonds. The number of aromatic nitrogens is 2. The van der Waals surface area contributed by atoms with Crippen molar-refractivity contribution in [3.8, 4) is 0 Å². The van der Waals surface area contributed by atoms with Crippen molar-refractivity contribution < 1.29 is 28.1 Å². The Hall–Kier alpha value is -1.57. The molecule has 0 unspecified atom stereocenters. The fraction of sp³-hybridized carbons (Fsp3) is 0.810. The number of rotatable bonds is 6. The minimum atomic E-state index is -4.62. The Bertz CT molecular complexity index is 759. The molecule has 0 aromatic carbocycles. The number of nitrogens with zero attached hydrogens (tertiary/aromatic N) is 4. The van der Waals surface area contributed by atoms with E-state index in [2.05, 4.69) is 30.4 Å². The lowest BCUT2D eigenvalue weighted by Gasteiger charge is -2.42. The zero-order chi connectivity index (χ0) is 23.4. The van der Waals surface area contributed by atoms with Crippen LogP contribution in [0.4, 0.5) is 19.0 Å². The largest absolute Gasteiger partial charge is 0.434 e. The highest BCUT2D eigenvalue weighted by Gasteiger charge is 2.40. The number of piperidine rings is 1. The first-order valence-electron chi connectivity index (χ1n) is 11.6. The predicted molar refractivity (Wildman–Crippen MR) is 115 cm³/mol. The van der Waals surface area contributed by atoms with Crippen LogP contribution >= 0.6 is 0 Å². The molecule has 1 aromatic rings. The summed E-state index contributed by atoms with van der Waals surface area (Å²) in [6.45, 7) is 7.53. The molecule has 0 radical (unpaired) electrons. The van der Waals surface area contributed by atoms with Gasteiger partial charge in [-0.3, -0.25) is 9.88 Å². The fourth-order valence-corrected chi connectivity index (χ4v) is 4.77. The van der Waals surface area contributed by atoms with Crippen LogP contribution in [-0.2, 0) is 10.9 Å². The first-order chi connectivity index (χ1) is 15.8. The van der Waals surface area contributed by atoms with Crippen LogP contribution in [0.2, 0.25) is 0 Å². The van der Waals surface area contributed by atoms with Gasteiger partial charge in [-0.15, -0.1) is 0 Å². The third-order valence-corrected chi connectivity index (χ3v) is 6.77. The van der Waals surface area contributed by atoms with Crippen LogP contribution in [0.15, 0.2) is 12.4 Å². The molecular weight excluding hydrogens is 441 g/mol. The van der Waals surface area contributed by atoms with E-state index in [9.17, 15) is 23.4 Å². The number of hydrogen-bond donors (Lipinski definition) is 4. The van der Waals surface area contributed by atoms with Crippen LogP contribution in [0.1, 0.15) is 18.5 Å². The molecule has 0 spiro atoms. The summed E-state index contributed by atoms with van der Waals surface area (Å²) in [5.74, 6) is 0.621. The summed E-state index contributed by atoms with van der Waals surface area (Å²) in [5, 5.41) is 27.3. The van der Waals surface area contributed by atoms with Crippen LogP contribution in [0, 0.1) is 5.92 Å². The zero-order valence-electron chi connectivity index (χ0n) is 18.5. The third-order valence-electron chi connectivity index (χ3n) is 6.77. The average Bonchev–Trinajstić information content (AvgIpc) is 2.80. The van der Waals surface area contributed by atoms with Crippen molar-refractivity contribution in [2.24, 2.45) is 5.92 Å². The highest BCUT2D eigenvalue weighted by atomic mass is 19.4. The fourth-order valence-electron chi connectivity index (χ4n) is 4.77. The smallest absolute Gasteiger partial charge is 0.388 e. The van der Waals surface area contributed by atoms with Gasteiger partial charge in [-0.1, -0.05) is 0 Å². The molecule has 0 bridgehead atoms. The van der Waals surface area contributed by atoms with Gasteiger partial charge in [0.05, 0.1) is 31.1 Å². The molecular formula is C21H33F3N6O3. The Morgan fingerprint density at radius 3 is 2.36 bits per heavy atom. The molecule has 3 aliphatic heterocycles. The van der Waals surface area contributed by atoms with E-state index >= 15 is 0 Å². The van der Waals surface area contributed by atoms with Crippen molar-refractivity contribution in [1.82, 2.24) is 25.1 Å². The van der Waals surface area contributed by atoms with Gasteiger partial charge >= 0.3 is 6.18 Å². The molecule has 4 atom stereocenters. The second-order valence-electron chi connectivity index (χ2n) is 9.19. The molecule has 0 aliphatic carbocycles. The maximum atomic E-state index is 12.8. The second kappa shape index (κ2) is 10.8. The number of hydrogen-bond acceptors (Lipinski definition) is 9. The van der Waals surface area contributed by atoms with Crippen molar-refractivity contribution in [3.63, 3.8) is 0 Å². The minimum Gasteiger partial charge on any atom is -0.388 e. The van der Waals surface area contributed by atoms with Gasteiger partial charge in [0.25, 0.3) is 0 Å². The summed E-state index contributed by atoms with van der Waals surface area (Å²) in [5.41, 5.74) is -1.13. The Balaban J connectivity index is 1.23. The highest BCUT2D eigenvalue weighted by Crippen LogP contribution is 2.28. The number of piperazine rings is 1. The average molecular weight is 475 g/mol. The number of aliphatic hydroxyl groups excluding tert-OH is 2. The first-order valence-corrected chi connectivity index (χ1v) is 11.6. The van der Waals surface area contributed by atoms with E-state index in [0.717, 1.165) is 57.9 Å². The lowest BCUT2D eigenvalue weighted by atomic mass is 9.96. The molecule has 3 fully saturated rings. The minimum absolute atomic E-state index is 0.0382. The molecule has 1 aromatic heterocycles. The summed E-state index contributed by atoms with van der Waals surface area (Å²) in [4.78, 5) is 11.8. The molecule has 4 rings (SSSR count). The summed E-state index contributed by atoms with van der Waals surface area (Å²) in [7, 11) is 0. The van der Waals surface area contributed by atoms with E-state index in [1.807, 2.05) is 0 Å². The number of aliphatic hydroxyl groups is 2. The summed E-state index contributed by atoms with van der Waals surface area (Å²) < 4.78 is 44.3. The van der Waals surface area contributed by atoms with Crippen molar-refractivity contribution in [2.45, 2.75) is 43.4 Å². The van der Waals surface area contributed by atoms with Crippen LogP contribution in [0.5, 0.6) is 0 Å². The van der Waals surface area contributed by atoms with Gasteiger partial charge in [0.15, 0.2) is 5.69 Å². The van der Waals surface area contributed by atoms with Gasteiger partial charge in [0.1, 0.15) is 18.0 Å². The van der Waals surface area contributed by atoms with Crippen molar-refractivity contribution >= 4 is 5.82 Å². The number of anilines is 1. The number of alkyl halides is 3. The van der Waals surface area contributed by atoms with Gasteiger partial charge in [0.2, 0.25) is 0 Å². The Labute approximate surface area is 191 Å². The SMILES string of the molecule is O[C@@H]1[C@H](O)[C@@H](Nc2cncc(C(F)(F)F)n2)CO[C@@H]1CN1CCN(CC2CCNCC2)CC1. The van der Waals surface area contributed by atoms with E-state index < -0.39 is 36.2 Å². The van der Waals surface area contributed by atoms with E-state index in [1.54, 1.807) is 0 Å². The molecule has 3 saturated heterocycles. The molecule has 3 aliphatic rings. The Morgan fingerprint density at radius 1 is 1.03 bits per heavy atom. The molecule has 12 heteroatoms. The van der Waals surface area contributed by atoms with E-state index in [-0.39, 0.29) is 12.4 Å². The van der Waals surface area contributed by atoms with E-state index in [1.165, 1.54) is 12.8 Å². The molecule has 186 valence electrons. The lowest BCUT2D eigenvalue weighted by molar-refractivity contribution is -0.148. The Kier molecular flexibility index (Phi) is 8.03. The van der Waals surface area contributed by atoms with Crippen molar-refractivity contribution in [2.75, 3.05) is 64.3 Å². The van der Waals surface area contributed by atoms with Gasteiger partial charge in [-0.25, -0.2) is 4.98 Å². The third kappa shape index (κ3) is 6.52. The maximum Gasteiger partial charge on any atom is 0.434 e.